The van der Waals surface area contributed by atoms with Crippen LogP contribution in [0.4, 0.5) is 0 Å². The van der Waals surface area contributed by atoms with Crippen molar-refractivity contribution in [3.05, 3.63) is 23.0 Å². The second kappa shape index (κ2) is 4.17. The van der Waals surface area contributed by atoms with Crippen LogP contribution < -0.4 is 0 Å². The maximum Gasteiger partial charge on any atom is 0.164 e. The van der Waals surface area contributed by atoms with Crippen molar-refractivity contribution in [2.75, 3.05) is 0 Å². The van der Waals surface area contributed by atoms with Gasteiger partial charge in [-0.15, -0.1) is 6.42 Å². The molecule has 0 fully saturated rings. The molecule has 0 aliphatic heterocycles. The van der Waals surface area contributed by atoms with Crippen LogP contribution in [0.1, 0.15) is 54.0 Å². The van der Waals surface area contributed by atoms with Crippen LogP contribution in [-0.4, -0.2) is 10.4 Å². The minimum absolute atomic E-state index is 0.0923. The van der Waals surface area contributed by atoms with Crippen molar-refractivity contribution in [1.82, 2.24) is 4.57 Å². The van der Waals surface area contributed by atoms with Crippen LogP contribution in [0, 0.1) is 19.3 Å². The van der Waals surface area contributed by atoms with Crippen molar-refractivity contribution in [3.8, 4) is 12.3 Å². The van der Waals surface area contributed by atoms with Crippen LogP contribution in [0.5, 0.6) is 0 Å². The predicted molar refractivity (Wildman–Crippen MR) is 64.6 cm³/mol. The molecule has 1 aliphatic carbocycles. The Balaban J connectivity index is 2.54. The monoisotopic (exact) mass is 215 g/mol. The van der Waals surface area contributed by atoms with Crippen molar-refractivity contribution < 1.29 is 4.79 Å². The number of aromatic nitrogens is 1. The maximum atomic E-state index is 11.8. The van der Waals surface area contributed by atoms with Gasteiger partial charge in [0.2, 0.25) is 0 Å². The molecule has 0 saturated heterocycles. The molecular formula is C14H17NO. The SMILES string of the molecule is C#CC(CC)n1c(C)cc2c1CCCC2=O. The van der Waals surface area contributed by atoms with Crippen molar-refractivity contribution in [2.24, 2.45) is 0 Å². The number of hydrogen-bond acceptors (Lipinski definition) is 1. The van der Waals surface area contributed by atoms with E-state index in [0.29, 0.717) is 6.42 Å². The summed E-state index contributed by atoms with van der Waals surface area (Å²) >= 11 is 0. The molecule has 1 aliphatic rings. The van der Waals surface area contributed by atoms with E-state index in [4.69, 9.17) is 6.42 Å². The summed E-state index contributed by atoms with van der Waals surface area (Å²) in [6, 6.07) is 2.09. The number of hydrogen-bond donors (Lipinski definition) is 0. The smallest absolute Gasteiger partial charge is 0.164 e. The molecule has 0 saturated carbocycles. The van der Waals surface area contributed by atoms with Crippen molar-refractivity contribution >= 4 is 5.78 Å². The largest absolute Gasteiger partial charge is 0.334 e. The minimum Gasteiger partial charge on any atom is -0.334 e. The average Bonchev–Trinajstić information content (AvgIpc) is 2.60. The number of terminal acetylenes is 1. The Morgan fingerprint density at radius 2 is 2.31 bits per heavy atom. The van der Waals surface area contributed by atoms with Crippen LogP contribution >= 0.6 is 0 Å². The molecular weight excluding hydrogens is 198 g/mol. The van der Waals surface area contributed by atoms with Gasteiger partial charge in [0.25, 0.3) is 0 Å². The number of nitrogens with zero attached hydrogens (tertiary/aromatic N) is 1. The fourth-order valence-electron chi connectivity index (χ4n) is 2.56. The van der Waals surface area contributed by atoms with E-state index in [2.05, 4.69) is 17.4 Å². The van der Waals surface area contributed by atoms with Gasteiger partial charge in [0.1, 0.15) is 0 Å². The Morgan fingerprint density at radius 3 is 2.94 bits per heavy atom. The minimum atomic E-state index is 0.0923. The lowest BCUT2D eigenvalue weighted by Crippen LogP contribution is -2.16. The van der Waals surface area contributed by atoms with Gasteiger partial charge in [-0.3, -0.25) is 4.79 Å². The third-order valence-electron chi connectivity index (χ3n) is 3.34. The van der Waals surface area contributed by atoms with E-state index in [1.54, 1.807) is 0 Å². The van der Waals surface area contributed by atoms with E-state index in [0.717, 1.165) is 36.2 Å². The second-order valence-corrected chi connectivity index (χ2v) is 4.38. The fraction of sp³-hybridized carbons (Fsp3) is 0.500. The summed E-state index contributed by atoms with van der Waals surface area (Å²) < 4.78 is 2.17. The van der Waals surface area contributed by atoms with Gasteiger partial charge in [0.05, 0.1) is 6.04 Å². The summed E-state index contributed by atoms with van der Waals surface area (Å²) in [5.74, 6) is 3.08. The van der Waals surface area contributed by atoms with E-state index in [1.165, 1.54) is 0 Å². The van der Waals surface area contributed by atoms with Crippen LogP contribution in [0.2, 0.25) is 0 Å². The van der Waals surface area contributed by atoms with Crippen molar-refractivity contribution in [1.29, 1.82) is 0 Å². The van der Waals surface area contributed by atoms with Crippen molar-refractivity contribution in [2.45, 2.75) is 45.6 Å². The van der Waals surface area contributed by atoms with Crippen LogP contribution in [-0.2, 0) is 6.42 Å². The molecule has 84 valence electrons. The Hall–Kier alpha value is -1.49. The molecule has 1 aromatic rings. The number of carbonyl (C=O) groups excluding carboxylic acids is 1. The zero-order valence-electron chi connectivity index (χ0n) is 9.92. The summed E-state index contributed by atoms with van der Waals surface area (Å²) in [6.07, 6.45) is 9.08. The predicted octanol–water partition coefficient (Wildman–Crippen LogP) is 2.90. The fourth-order valence-corrected chi connectivity index (χ4v) is 2.56. The zero-order valence-corrected chi connectivity index (χ0v) is 9.92. The molecule has 0 spiro atoms. The van der Waals surface area contributed by atoms with Crippen molar-refractivity contribution in [3.63, 3.8) is 0 Å². The van der Waals surface area contributed by atoms with Gasteiger partial charge in [-0.05, 0) is 32.3 Å². The van der Waals surface area contributed by atoms with Gasteiger partial charge in [0, 0.05) is 23.4 Å². The lowest BCUT2D eigenvalue weighted by atomic mass is 9.96. The molecule has 0 amide bonds. The topological polar surface area (TPSA) is 22.0 Å². The molecule has 0 N–H and O–H groups in total. The summed E-state index contributed by atoms with van der Waals surface area (Å²) in [4.78, 5) is 11.8. The molecule has 2 rings (SSSR count). The Kier molecular flexibility index (Phi) is 2.87. The van der Waals surface area contributed by atoms with Gasteiger partial charge >= 0.3 is 0 Å². The lowest BCUT2D eigenvalue weighted by molar-refractivity contribution is 0.0971. The van der Waals surface area contributed by atoms with E-state index in [-0.39, 0.29) is 11.8 Å². The zero-order chi connectivity index (χ0) is 11.7. The Morgan fingerprint density at radius 1 is 1.56 bits per heavy atom. The van der Waals surface area contributed by atoms with Crippen LogP contribution in [0.15, 0.2) is 6.07 Å². The highest BCUT2D eigenvalue weighted by atomic mass is 16.1. The number of carbonyl (C=O) groups is 1. The number of ketones is 1. The van der Waals surface area contributed by atoms with Gasteiger partial charge in [-0.25, -0.2) is 0 Å². The highest BCUT2D eigenvalue weighted by molar-refractivity contribution is 5.98. The molecule has 1 atom stereocenters. The number of Topliss-reactive ketones (excluding diaryl/α,β-unsaturated/α-hetero) is 1. The summed E-state index contributed by atoms with van der Waals surface area (Å²) in [6.45, 7) is 4.12. The van der Waals surface area contributed by atoms with Gasteiger partial charge in [0.15, 0.2) is 5.78 Å². The lowest BCUT2D eigenvalue weighted by Gasteiger charge is -2.20. The van der Waals surface area contributed by atoms with Crippen LogP contribution in [0.25, 0.3) is 0 Å². The molecule has 1 unspecified atom stereocenters. The summed E-state index contributed by atoms with van der Waals surface area (Å²) in [5.41, 5.74) is 3.17. The van der Waals surface area contributed by atoms with E-state index in [9.17, 15) is 4.79 Å². The molecule has 16 heavy (non-hydrogen) atoms. The Bertz CT molecular complexity index is 462. The third-order valence-corrected chi connectivity index (χ3v) is 3.34. The van der Waals surface area contributed by atoms with E-state index >= 15 is 0 Å². The molecule has 1 aromatic heterocycles. The first-order chi connectivity index (χ1) is 7.69. The van der Waals surface area contributed by atoms with Crippen LogP contribution in [0.3, 0.4) is 0 Å². The number of rotatable bonds is 2. The highest BCUT2D eigenvalue weighted by Gasteiger charge is 2.24. The number of fused-ring (bicyclic) bond motifs is 1. The molecule has 2 nitrogen and oxygen atoms in total. The first kappa shape index (κ1) is 11.0. The quantitative estimate of drug-likeness (QED) is 0.695. The molecule has 2 heteroatoms. The normalized spacial score (nSPS) is 16.7. The summed E-state index contributed by atoms with van der Waals surface area (Å²) in [7, 11) is 0. The van der Waals surface area contributed by atoms with Gasteiger partial charge < -0.3 is 4.57 Å². The third kappa shape index (κ3) is 1.57. The highest BCUT2D eigenvalue weighted by Crippen LogP contribution is 2.28. The average molecular weight is 215 g/mol. The summed E-state index contributed by atoms with van der Waals surface area (Å²) in [5, 5.41) is 0. The Labute approximate surface area is 96.7 Å². The molecule has 1 heterocycles. The first-order valence-corrected chi connectivity index (χ1v) is 5.89. The molecule has 0 aromatic carbocycles. The molecule has 0 bridgehead atoms. The van der Waals surface area contributed by atoms with E-state index in [1.807, 2.05) is 13.0 Å². The first-order valence-electron chi connectivity index (χ1n) is 5.89. The molecule has 0 radical (unpaired) electrons. The standard InChI is InChI=1S/C14H17NO/c1-4-11(5-2)15-10(3)9-12-13(15)7-6-8-14(12)16/h1,9,11H,5-8H2,2-3H3. The van der Waals surface area contributed by atoms with E-state index < -0.39 is 0 Å². The van der Waals surface area contributed by atoms with Gasteiger partial charge in [-0.1, -0.05) is 12.8 Å². The number of aryl methyl sites for hydroxylation is 1. The van der Waals surface area contributed by atoms with Gasteiger partial charge in [-0.2, -0.15) is 0 Å². The second-order valence-electron chi connectivity index (χ2n) is 4.38. The maximum absolute atomic E-state index is 11.8.